The quantitative estimate of drug-likeness (QED) is 0.659. The van der Waals surface area contributed by atoms with Crippen LogP contribution in [0.25, 0.3) is 0 Å². The number of likely N-dealkylation sites (tertiary alicyclic amines) is 1. The molecule has 3 aliphatic rings. The summed E-state index contributed by atoms with van der Waals surface area (Å²) < 4.78 is 0. The first kappa shape index (κ1) is 18.1. The van der Waals surface area contributed by atoms with Gasteiger partial charge in [0.15, 0.2) is 0 Å². The van der Waals surface area contributed by atoms with E-state index in [9.17, 15) is 4.79 Å². The van der Waals surface area contributed by atoms with Crippen LogP contribution in [-0.4, -0.2) is 59.8 Å². The lowest BCUT2D eigenvalue weighted by atomic mass is 9.93. The molecule has 3 N–H and O–H groups in total. The highest BCUT2D eigenvalue weighted by atomic mass is 16.3. The van der Waals surface area contributed by atoms with Crippen molar-refractivity contribution in [3.63, 3.8) is 0 Å². The molecule has 138 valence electrons. The highest BCUT2D eigenvalue weighted by Gasteiger charge is 2.31. The molecule has 1 saturated carbocycles. The molecule has 0 spiro atoms. The van der Waals surface area contributed by atoms with E-state index in [1.54, 1.807) is 0 Å². The van der Waals surface area contributed by atoms with Crippen LogP contribution in [0.5, 0.6) is 0 Å². The summed E-state index contributed by atoms with van der Waals surface area (Å²) in [6, 6.07) is 0.322. The molecule has 0 radical (unpaired) electrons. The van der Waals surface area contributed by atoms with Gasteiger partial charge in [-0.25, -0.2) is 10.4 Å². The van der Waals surface area contributed by atoms with Crippen molar-refractivity contribution >= 4 is 5.91 Å². The number of aliphatic hydroxyl groups is 1. The van der Waals surface area contributed by atoms with Crippen molar-refractivity contribution in [2.75, 3.05) is 32.8 Å². The van der Waals surface area contributed by atoms with Crippen LogP contribution in [0, 0.1) is 11.8 Å². The third-order valence-corrected chi connectivity index (χ3v) is 5.86. The SMILES string of the molecule is O=C(C1CCCCCC1)N1CCCC(CN2CC(CCO)NN2)C1. The number of piperidine rings is 1. The largest absolute Gasteiger partial charge is 0.396 e. The molecule has 24 heavy (non-hydrogen) atoms. The summed E-state index contributed by atoms with van der Waals surface area (Å²) in [6.45, 7) is 3.99. The molecule has 0 bridgehead atoms. The van der Waals surface area contributed by atoms with Gasteiger partial charge in [0.05, 0.1) is 0 Å². The Bertz CT molecular complexity index is 398. The first-order valence-corrected chi connectivity index (χ1v) is 9.92. The van der Waals surface area contributed by atoms with E-state index < -0.39 is 0 Å². The minimum Gasteiger partial charge on any atom is -0.396 e. The fourth-order valence-corrected chi connectivity index (χ4v) is 4.49. The highest BCUT2D eigenvalue weighted by Crippen LogP contribution is 2.27. The Balaban J connectivity index is 1.46. The number of hydrogen-bond donors (Lipinski definition) is 3. The second-order valence-corrected chi connectivity index (χ2v) is 7.85. The Morgan fingerprint density at radius 2 is 1.83 bits per heavy atom. The van der Waals surface area contributed by atoms with E-state index in [0.717, 1.165) is 51.9 Å². The number of carbonyl (C=O) groups excluding carboxylic acids is 1. The second-order valence-electron chi connectivity index (χ2n) is 7.85. The zero-order valence-electron chi connectivity index (χ0n) is 14.9. The maximum Gasteiger partial charge on any atom is 0.225 e. The zero-order valence-corrected chi connectivity index (χ0v) is 14.9. The molecule has 6 heteroatoms. The van der Waals surface area contributed by atoms with Gasteiger partial charge in [-0.1, -0.05) is 25.7 Å². The van der Waals surface area contributed by atoms with Gasteiger partial charge in [0.25, 0.3) is 0 Å². The molecule has 2 unspecified atom stereocenters. The van der Waals surface area contributed by atoms with Gasteiger partial charge in [0.2, 0.25) is 5.91 Å². The average molecular weight is 338 g/mol. The van der Waals surface area contributed by atoms with Gasteiger partial charge in [-0.15, -0.1) is 0 Å². The van der Waals surface area contributed by atoms with Crippen molar-refractivity contribution in [2.24, 2.45) is 11.8 Å². The van der Waals surface area contributed by atoms with E-state index in [-0.39, 0.29) is 12.5 Å². The Morgan fingerprint density at radius 3 is 2.58 bits per heavy atom. The van der Waals surface area contributed by atoms with Gasteiger partial charge >= 0.3 is 0 Å². The number of amides is 1. The molecule has 1 amide bonds. The molecule has 2 heterocycles. The topological polar surface area (TPSA) is 67.8 Å². The van der Waals surface area contributed by atoms with Crippen molar-refractivity contribution in [3.8, 4) is 0 Å². The van der Waals surface area contributed by atoms with Crippen LogP contribution in [-0.2, 0) is 4.79 Å². The molecule has 1 aliphatic carbocycles. The predicted molar refractivity (Wildman–Crippen MR) is 93.8 cm³/mol. The summed E-state index contributed by atoms with van der Waals surface area (Å²) in [4.78, 5) is 15.0. The number of nitrogens with one attached hydrogen (secondary N) is 2. The van der Waals surface area contributed by atoms with Crippen molar-refractivity contribution < 1.29 is 9.90 Å². The van der Waals surface area contributed by atoms with Crippen molar-refractivity contribution in [3.05, 3.63) is 0 Å². The van der Waals surface area contributed by atoms with E-state index in [2.05, 4.69) is 20.9 Å². The van der Waals surface area contributed by atoms with Crippen LogP contribution in [0.15, 0.2) is 0 Å². The standard InChI is InChI=1S/C18H34N4O2/c23-11-9-17-14-22(20-19-17)13-15-6-5-10-21(12-15)18(24)16-7-3-1-2-4-8-16/h15-17,19-20,23H,1-14H2. The summed E-state index contributed by atoms with van der Waals surface area (Å²) in [5.74, 6) is 1.26. The fourth-order valence-electron chi connectivity index (χ4n) is 4.49. The first-order valence-electron chi connectivity index (χ1n) is 9.92. The molecular weight excluding hydrogens is 304 g/mol. The number of carbonyl (C=O) groups is 1. The molecule has 2 saturated heterocycles. The minimum atomic E-state index is 0.223. The van der Waals surface area contributed by atoms with Crippen LogP contribution in [0.4, 0.5) is 0 Å². The lowest BCUT2D eigenvalue weighted by Gasteiger charge is -2.36. The molecule has 0 aromatic carbocycles. The van der Waals surface area contributed by atoms with E-state index in [4.69, 9.17) is 5.11 Å². The molecule has 3 rings (SSSR count). The van der Waals surface area contributed by atoms with E-state index in [1.807, 2.05) is 0 Å². The van der Waals surface area contributed by atoms with E-state index >= 15 is 0 Å². The monoisotopic (exact) mass is 338 g/mol. The Labute approximate surface area is 145 Å². The number of hydrazine groups is 2. The molecule has 2 aliphatic heterocycles. The van der Waals surface area contributed by atoms with Gasteiger partial charge in [0, 0.05) is 44.7 Å². The van der Waals surface area contributed by atoms with Crippen LogP contribution in [0.3, 0.4) is 0 Å². The summed E-state index contributed by atoms with van der Waals surface area (Å²) in [5.41, 5.74) is 6.45. The van der Waals surface area contributed by atoms with Crippen molar-refractivity contribution in [1.29, 1.82) is 0 Å². The second kappa shape index (κ2) is 9.13. The maximum absolute atomic E-state index is 12.9. The van der Waals surface area contributed by atoms with Gasteiger partial charge in [-0.3, -0.25) is 4.79 Å². The molecule has 0 aromatic rings. The van der Waals surface area contributed by atoms with Crippen LogP contribution in [0.2, 0.25) is 0 Å². The smallest absolute Gasteiger partial charge is 0.225 e. The average Bonchev–Trinajstić information content (AvgIpc) is 2.86. The molecular formula is C18H34N4O2. The van der Waals surface area contributed by atoms with Crippen molar-refractivity contribution in [1.82, 2.24) is 20.9 Å². The number of rotatable bonds is 5. The summed E-state index contributed by atoms with van der Waals surface area (Å²) >= 11 is 0. The maximum atomic E-state index is 12.9. The van der Waals surface area contributed by atoms with Crippen molar-refractivity contribution in [2.45, 2.75) is 63.8 Å². The van der Waals surface area contributed by atoms with Crippen LogP contribution >= 0.6 is 0 Å². The number of nitrogens with zero attached hydrogens (tertiary/aromatic N) is 2. The zero-order chi connectivity index (χ0) is 16.8. The van der Waals surface area contributed by atoms with Gasteiger partial charge in [-0.2, -0.15) is 5.53 Å². The lowest BCUT2D eigenvalue weighted by Crippen LogP contribution is -2.47. The lowest BCUT2D eigenvalue weighted by molar-refractivity contribution is -0.138. The van der Waals surface area contributed by atoms with Crippen LogP contribution < -0.4 is 11.0 Å². The summed E-state index contributed by atoms with van der Waals surface area (Å²) in [7, 11) is 0. The normalized spacial score (nSPS) is 30.5. The van der Waals surface area contributed by atoms with E-state index in [1.165, 1.54) is 32.1 Å². The summed E-state index contributed by atoms with van der Waals surface area (Å²) in [5, 5.41) is 11.3. The summed E-state index contributed by atoms with van der Waals surface area (Å²) in [6.07, 6.45) is 10.4. The third-order valence-electron chi connectivity index (χ3n) is 5.86. The van der Waals surface area contributed by atoms with Gasteiger partial charge in [0.1, 0.15) is 0 Å². The number of hydrogen-bond acceptors (Lipinski definition) is 5. The van der Waals surface area contributed by atoms with E-state index in [0.29, 0.717) is 17.9 Å². The highest BCUT2D eigenvalue weighted by molar-refractivity contribution is 5.79. The fraction of sp³-hybridized carbons (Fsp3) is 0.944. The predicted octanol–water partition coefficient (Wildman–Crippen LogP) is 1.27. The van der Waals surface area contributed by atoms with Gasteiger partial charge < -0.3 is 10.0 Å². The van der Waals surface area contributed by atoms with Crippen LogP contribution in [0.1, 0.15) is 57.8 Å². The Kier molecular flexibility index (Phi) is 6.89. The third kappa shape index (κ3) is 4.91. The molecule has 6 nitrogen and oxygen atoms in total. The molecule has 3 fully saturated rings. The minimum absolute atomic E-state index is 0.223. The van der Waals surface area contributed by atoms with Gasteiger partial charge in [-0.05, 0) is 38.0 Å². The molecule has 2 atom stereocenters. The molecule has 0 aromatic heterocycles. The number of aliphatic hydroxyl groups excluding tert-OH is 1. The Hall–Kier alpha value is -0.690. The first-order chi connectivity index (χ1) is 11.8. The Morgan fingerprint density at radius 1 is 1.04 bits per heavy atom.